The second-order valence-electron chi connectivity index (χ2n) is 8.15. The molecule has 3 amide bonds. The first kappa shape index (κ1) is 24.0. The van der Waals surface area contributed by atoms with Crippen LogP contribution < -0.4 is 5.32 Å². The summed E-state index contributed by atoms with van der Waals surface area (Å²) in [6.07, 6.45) is 1.45. The van der Waals surface area contributed by atoms with E-state index in [4.69, 9.17) is 9.52 Å². The number of nitrogens with zero attached hydrogens (tertiary/aromatic N) is 1. The molecule has 0 bridgehead atoms. The number of carboxylic acid groups (broad SMARTS) is 1. The van der Waals surface area contributed by atoms with E-state index in [-0.39, 0.29) is 10.5 Å². The van der Waals surface area contributed by atoms with Gasteiger partial charge in [0.15, 0.2) is 0 Å². The summed E-state index contributed by atoms with van der Waals surface area (Å²) in [6, 6.07) is 13.5. The first-order chi connectivity index (χ1) is 16.6. The lowest BCUT2D eigenvalue weighted by Gasteiger charge is -2.13. The number of thioether (sulfide) groups is 1. The molecule has 4 rings (SSSR count). The number of rotatable bonds is 6. The summed E-state index contributed by atoms with van der Waals surface area (Å²) in [5, 5.41) is 11.3. The first-order valence-electron chi connectivity index (χ1n) is 10.7. The molecule has 1 saturated heterocycles. The number of imide groups is 1. The number of carbonyl (C=O) groups excluding carboxylic acids is 3. The number of nitrogens with one attached hydrogen (secondary N) is 1. The first-order valence-corrected chi connectivity index (χ1v) is 11.5. The third kappa shape index (κ3) is 5.20. The summed E-state index contributed by atoms with van der Waals surface area (Å²) in [7, 11) is 0. The van der Waals surface area contributed by atoms with Crippen LogP contribution in [-0.2, 0) is 9.59 Å². The molecule has 0 saturated carbocycles. The van der Waals surface area contributed by atoms with Crippen molar-refractivity contribution in [1.82, 2.24) is 4.90 Å². The van der Waals surface area contributed by atoms with E-state index in [1.54, 1.807) is 37.3 Å². The second kappa shape index (κ2) is 9.63. The highest BCUT2D eigenvalue weighted by Crippen LogP contribution is 2.34. The largest absolute Gasteiger partial charge is 0.478 e. The predicted octanol–water partition coefficient (Wildman–Crippen LogP) is 5.25. The molecular weight excluding hydrogens is 468 g/mol. The Kier molecular flexibility index (Phi) is 6.61. The van der Waals surface area contributed by atoms with Crippen LogP contribution in [0.5, 0.6) is 0 Å². The predicted molar refractivity (Wildman–Crippen MR) is 133 cm³/mol. The van der Waals surface area contributed by atoms with Crippen LogP contribution in [0.3, 0.4) is 0 Å². The fourth-order valence-electron chi connectivity index (χ4n) is 3.58. The number of aryl methyl sites for hydroxylation is 3. The van der Waals surface area contributed by atoms with Crippen molar-refractivity contribution >= 4 is 46.5 Å². The maximum Gasteiger partial charge on any atom is 0.335 e. The molecule has 2 heterocycles. The Morgan fingerprint density at radius 2 is 1.77 bits per heavy atom. The normalized spacial score (nSPS) is 14.6. The third-order valence-electron chi connectivity index (χ3n) is 5.60. The van der Waals surface area contributed by atoms with Crippen molar-refractivity contribution in [3.05, 3.63) is 81.5 Å². The standard InChI is InChI=1S/C26H22N2O6S/c1-14-4-6-18(11-15(14)2)27-23(29)13-28-24(30)22(35-26(28)33)12-19-7-9-21(34-19)20-8-5-17(25(31)32)10-16(20)3/h4-12H,13H2,1-3H3,(H,27,29)(H,31,32). The Morgan fingerprint density at radius 1 is 1.00 bits per heavy atom. The Labute approximate surface area is 205 Å². The van der Waals surface area contributed by atoms with Crippen molar-refractivity contribution in [1.29, 1.82) is 0 Å². The number of carboxylic acids is 1. The van der Waals surface area contributed by atoms with Gasteiger partial charge in [-0.2, -0.15) is 0 Å². The van der Waals surface area contributed by atoms with Gasteiger partial charge in [-0.1, -0.05) is 12.1 Å². The highest BCUT2D eigenvalue weighted by atomic mass is 32.2. The molecule has 35 heavy (non-hydrogen) atoms. The minimum Gasteiger partial charge on any atom is -0.478 e. The lowest BCUT2D eigenvalue weighted by Crippen LogP contribution is -2.36. The molecule has 1 aliphatic rings. The van der Waals surface area contributed by atoms with Crippen LogP contribution >= 0.6 is 11.8 Å². The number of aromatic carboxylic acids is 1. The quantitative estimate of drug-likeness (QED) is 0.454. The molecule has 0 unspecified atom stereocenters. The molecular formula is C26H22N2O6S. The van der Waals surface area contributed by atoms with Crippen LogP contribution in [-0.4, -0.2) is 39.6 Å². The number of hydrogen-bond acceptors (Lipinski definition) is 6. The van der Waals surface area contributed by atoms with Crippen molar-refractivity contribution in [2.75, 3.05) is 11.9 Å². The summed E-state index contributed by atoms with van der Waals surface area (Å²) in [4.78, 5) is 49.8. The minimum absolute atomic E-state index is 0.146. The van der Waals surface area contributed by atoms with E-state index in [1.807, 2.05) is 26.0 Å². The van der Waals surface area contributed by atoms with Crippen LogP contribution in [0.2, 0.25) is 0 Å². The number of hydrogen-bond donors (Lipinski definition) is 2. The summed E-state index contributed by atoms with van der Waals surface area (Å²) >= 11 is 0.736. The van der Waals surface area contributed by atoms with Gasteiger partial charge in [-0.15, -0.1) is 0 Å². The summed E-state index contributed by atoms with van der Waals surface area (Å²) in [5.74, 6) is -1.21. The van der Waals surface area contributed by atoms with Crippen molar-refractivity contribution in [2.24, 2.45) is 0 Å². The molecule has 1 fully saturated rings. The molecule has 178 valence electrons. The zero-order valence-corrected chi connectivity index (χ0v) is 20.1. The lowest BCUT2D eigenvalue weighted by atomic mass is 10.0. The molecule has 2 aromatic carbocycles. The zero-order valence-electron chi connectivity index (χ0n) is 19.2. The average Bonchev–Trinajstić information content (AvgIpc) is 3.36. The molecule has 0 spiro atoms. The number of furan rings is 1. The lowest BCUT2D eigenvalue weighted by molar-refractivity contribution is -0.127. The van der Waals surface area contributed by atoms with Gasteiger partial charge in [0.2, 0.25) is 5.91 Å². The van der Waals surface area contributed by atoms with Gasteiger partial charge in [0.25, 0.3) is 11.1 Å². The van der Waals surface area contributed by atoms with Crippen LogP contribution in [0.15, 0.2) is 57.9 Å². The maximum absolute atomic E-state index is 12.8. The molecule has 3 aromatic rings. The summed E-state index contributed by atoms with van der Waals surface area (Å²) in [5.41, 5.74) is 4.31. The molecule has 1 aliphatic heterocycles. The van der Waals surface area contributed by atoms with E-state index < -0.39 is 29.6 Å². The summed E-state index contributed by atoms with van der Waals surface area (Å²) < 4.78 is 5.81. The minimum atomic E-state index is -1.02. The van der Waals surface area contributed by atoms with Gasteiger partial charge < -0.3 is 14.8 Å². The number of anilines is 1. The Morgan fingerprint density at radius 3 is 2.46 bits per heavy atom. The Bertz CT molecular complexity index is 1400. The van der Waals surface area contributed by atoms with E-state index in [1.165, 1.54) is 12.1 Å². The van der Waals surface area contributed by atoms with Gasteiger partial charge in [-0.25, -0.2) is 4.79 Å². The second-order valence-corrected chi connectivity index (χ2v) is 9.15. The molecule has 0 radical (unpaired) electrons. The van der Waals surface area contributed by atoms with Crippen molar-refractivity contribution in [3.8, 4) is 11.3 Å². The molecule has 0 atom stereocenters. The smallest absolute Gasteiger partial charge is 0.335 e. The Hall–Kier alpha value is -4.11. The van der Waals surface area contributed by atoms with Gasteiger partial charge in [0.1, 0.15) is 18.1 Å². The fraction of sp³-hybridized carbons (Fsp3) is 0.154. The number of amides is 3. The van der Waals surface area contributed by atoms with Gasteiger partial charge in [0.05, 0.1) is 10.5 Å². The zero-order chi connectivity index (χ0) is 25.3. The summed E-state index contributed by atoms with van der Waals surface area (Å²) in [6.45, 7) is 5.27. The fourth-order valence-corrected chi connectivity index (χ4v) is 4.40. The monoisotopic (exact) mass is 490 g/mol. The van der Waals surface area contributed by atoms with Crippen LogP contribution in [0.1, 0.15) is 32.8 Å². The van der Waals surface area contributed by atoms with Crippen molar-refractivity contribution < 1.29 is 28.7 Å². The van der Waals surface area contributed by atoms with E-state index in [0.717, 1.165) is 33.4 Å². The molecule has 2 N–H and O–H groups in total. The van der Waals surface area contributed by atoms with Crippen LogP contribution in [0.4, 0.5) is 10.5 Å². The van der Waals surface area contributed by atoms with Crippen LogP contribution in [0.25, 0.3) is 17.4 Å². The number of carbonyl (C=O) groups is 4. The molecule has 1 aromatic heterocycles. The van der Waals surface area contributed by atoms with Crippen LogP contribution in [0, 0.1) is 20.8 Å². The van der Waals surface area contributed by atoms with Gasteiger partial charge in [0, 0.05) is 17.3 Å². The number of benzene rings is 2. The molecule has 0 aliphatic carbocycles. The maximum atomic E-state index is 12.8. The van der Waals surface area contributed by atoms with Gasteiger partial charge >= 0.3 is 5.97 Å². The third-order valence-corrected chi connectivity index (χ3v) is 6.51. The molecule has 8 nitrogen and oxygen atoms in total. The topological polar surface area (TPSA) is 117 Å². The van der Waals surface area contributed by atoms with E-state index in [9.17, 15) is 19.2 Å². The van der Waals surface area contributed by atoms with E-state index >= 15 is 0 Å². The van der Waals surface area contributed by atoms with Crippen molar-refractivity contribution in [2.45, 2.75) is 20.8 Å². The van der Waals surface area contributed by atoms with Gasteiger partial charge in [-0.05, 0) is 85.6 Å². The highest BCUT2D eigenvalue weighted by Gasteiger charge is 2.36. The van der Waals surface area contributed by atoms with E-state index in [2.05, 4.69) is 5.32 Å². The SMILES string of the molecule is Cc1ccc(NC(=O)CN2C(=O)SC(=Cc3ccc(-c4ccc(C(=O)O)cc4C)o3)C2=O)cc1C. The average molecular weight is 491 g/mol. The van der Waals surface area contributed by atoms with E-state index in [0.29, 0.717) is 22.8 Å². The van der Waals surface area contributed by atoms with Gasteiger partial charge in [-0.3, -0.25) is 19.3 Å². The van der Waals surface area contributed by atoms with Crippen molar-refractivity contribution in [3.63, 3.8) is 0 Å². The Balaban J connectivity index is 1.46. The highest BCUT2D eigenvalue weighted by molar-refractivity contribution is 8.18. The molecule has 9 heteroatoms.